The predicted octanol–water partition coefficient (Wildman–Crippen LogP) is 0.490. The summed E-state index contributed by atoms with van der Waals surface area (Å²) in [5.74, 6) is 0.293. The van der Waals surface area contributed by atoms with Crippen LogP contribution in [0.4, 0.5) is 0 Å². The Morgan fingerprint density at radius 1 is 1.65 bits per heavy atom. The molecule has 7 heteroatoms. The maximum absolute atomic E-state index is 11.7. The molecule has 2 aromatic heterocycles. The maximum Gasteiger partial charge on any atom is 0.242 e. The fourth-order valence-corrected chi connectivity index (χ4v) is 2.03. The Bertz CT molecular complexity index is 455. The SMILES string of the molecule is NC(C(=O)NCCc1ncno1)c1cccs1. The van der Waals surface area contributed by atoms with Crippen molar-refractivity contribution in [1.82, 2.24) is 15.5 Å². The van der Waals surface area contributed by atoms with Gasteiger partial charge >= 0.3 is 0 Å². The van der Waals surface area contributed by atoms with Crippen molar-refractivity contribution in [1.29, 1.82) is 0 Å². The first-order valence-electron chi connectivity index (χ1n) is 5.09. The van der Waals surface area contributed by atoms with E-state index in [9.17, 15) is 4.79 Å². The second-order valence-electron chi connectivity index (χ2n) is 3.37. The van der Waals surface area contributed by atoms with Crippen LogP contribution in [0.15, 0.2) is 28.4 Å². The van der Waals surface area contributed by atoms with Gasteiger partial charge in [0, 0.05) is 17.8 Å². The molecule has 90 valence electrons. The summed E-state index contributed by atoms with van der Waals surface area (Å²) < 4.78 is 4.81. The number of hydrogen-bond acceptors (Lipinski definition) is 6. The second-order valence-corrected chi connectivity index (χ2v) is 4.35. The number of nitrogens with one attached hydrogen (secondary N) is 1. The molecular formula is C10H12N4O2S. The van der Waals surface area contributed by atoms with Crippen molar-refractivity contribution in [2.24, 2.45) is 5.73 Å². The van der Waals surface area contributed by atoms with Crippen molar-refractivity contribution in [3.8, 4) is 0 Å². The smallest absolute Gasteiger partial charge is 0.242 e. The van der Waals surface area contributed by atoms with E-state index < -0.39 is 6.04 Å². The average Bonchev–Trinajstić information content (AvgIpc) is 3.00. The van der Waals surface area contributed by atoms with Crippen LogP contribution >= 0.6 is 11.3 Å². The molecule has 1 atom stereocenters. The van der Waals surface area contributed by atoms with Crippen molar-refractivity contribution >= 4 is 17.2 Å². The van der Waals surface area contributed by atoms with Gasteiger partial charge in [-0.2, -0.15) is 4.98 Å². The largest absolute Gasteiger partial charge is 0.354 e. The molecule has 0 fully saturated rings. The quantitative estimate of drug-likeness (QED) is 0.807. The van der Waals surface area contributed by atoms with E-state index in [2.05, 4.69) is 15.5 Å². The highest BCUT2D eigenvalue weighted by Gasteiger charge is 2.16. The second kappa shape index (κ2) is 5.55. The lowest BCUT2D eigenvalue weighted by Crippen LogP contribution is -2.34. The number of carbonyl (C=O) groups is 1. The van der Waals surface area contributed by atoms with Crippen LogP contribution in [0, 0.1) is 0 Å². The van der Waals surface area contributed by atoms with Crippen molar-refractivity contribution in [2.75, 3.05) is 6.54 Å². The number of carbonyl (C=O) groups excluding carboxylic acids is 1. The molecule has 0 saturated carbocycles. The molecule has 0 bridgehead atoms. The van der Waals surface area contributed by atoms with E-state index >= 15 is 0 Å². The third-order valence-electron chi connectivity index (χ3n) is 2.18. The van der Waals surface area contributed by atoms with Crippen LogP contribution in [0.2, 0.25) is 0 Å². The van der Waals surface area contributed by atoms with Crippen LogP contribution in [0.3, 0.4) is 0 Å². The average molecular weight is 252 g/mol. The summed E-state index contributed by atoms with van der Waals surface area (Å²) in [4.78, 5) is 16.4. The molecule has 3 N–H and O–H groups in total. The molecule has 1 unspecified atom stereocenters. The molecule has 6 nitrogen and oxygen atoms in total. The molecule has 2 rings (SSSR count). The lowest BCUT2D eigenvalue weighted by molar-refractivity contribution is -0.122. The minimum absolute atomic E-state index is 0.202. The van der Waals surface area contributed by atoms with Crippen LogP contribution in [-0.4, -0.2) is 22.6 Å². The van der Waals surface area contributed by atoms with E-state index in [1.54, 1.807) is 0 Å². The van der Waals surface area contributed by atoms with E-state index in [0.717, 1.165) is 4.88 Å². The number of rotatable bonds is 5. The van der Waals surface area contributed by atoms with Crippen molar-refractivity contribution in [3.63, 3.8) is 0 Å². The van der Waals surface area contributed by atoms with Gasteiger partial charge in [0.05, 0.1) is 0 Å². The summed E-state index contributed by atoms with van der Waals surface area (Å²) in [5.41, 5.74) is 5.79. The van der Waals surface area contributed by atoms with Gasteiger partial charge in [0.25, 0.3) is 0 Å². The zero-order valence-electron chi connectivity index (χ0n) is 9.00. The van der Waals surface area contributed by atoms with Crippen LogP contribution in [0.1, 0.15) is 16.8 Å². The molecule has 2 heterocycles. The number of hydrogen-bond donors (Lipinski definition) is 2. The summed E-state index contributed by atoms with van der Waals surface area (Å²) in [7, 11) is 0. The lowest BCUT2D eigenvalue weighted by atomic mass is 10.2. The number of aromatic nitrogens is 2. The number of amides is 1. The summed E-state index contributed by atoms with van der Waals surface area (Å²) in [5, 5.41) is 8.09. The van der Waals surface area contributed by atoms with Gasteiger partial charge in [-0.25, -0.2) is 0 Å². The molecule has 0 aliphatic heterocycles. The Kier molecular flexibility index (Phi) is 3.84. The first-order chi connectivity index (χ1) is 8.27. The van der Waals surface area contributed by atoms with Gasteiger partial charge in [-0.3, -0.25) is 4.79 Å². The Balaban J connectivity index is 1.77. The molecule has 2 aromatic rings. The highest BCUT2D eigenvalue weighted by atomic mass is 32.1. The summed E-state index contributed by atoms with van der Waals surface area (Å²) in [6, 6.07) is 3.09. The third kappa shape index (κ3) is 3.11. The Hall–Kier alpha value is -1.73. The van der Waals surface area contributed by atoms with E-state index in [4.69, 9.17) is 10.3 Å². The highest BCUT2D eigenvalue weighted by Crippen LogP contribution is 2.16. The van der Waals surface area contributed by atoms with Gasteiger partial charge in [-0.15, -0.1) is 11.3 Å². The maximum atomic E-state index is 11.7. The van der Waals surface area contributed by atoms with Crippen LogP contribution in [0.25, 0.3) is 0 Å². The standard InChI is InChI=1S/C10H12N4O2S/c11-9(7-2-1-5-17-7)10(15)12-4-3-8-13-6-14-16-8/h1-2,5-6,9H,3-4,11H2,(H,12,15). The summed E-state index contributed by atoms with van der Waals surface area (Å²) in [6.45, 7) is 0.431. The van der Waals surface area contributed by atoms with Gasteiger partial charge in [-0.1, -0.05) is 11.2 Å². The molecule has 0 radical (unpaired) electrons. The van der Waals surface area contributed by atoms with Gasteiger partial charge in [0.2, 0.25) is 11.8 Å². The minimum atomic E-state index is -0.613. The van der Waals surface area contributed by atoms with Crippen molar-refractivity contribution < 1.29 is 9.32 Å². The van der Waals surface area contributed by atoms with E-state index in [0.29, 0.717) is 18.9 Å². The topological polar surface area (TPSA) is 94.0 Å². The normalized spacial score (nSPS) is 12.3. The Morgan fingerprint density at radius 2 is 2.53 bits per heavy atom. The highest BCUT2D eigenvalue weighted by molar-refractivity contribution is 7.10. The fourth-order valence-electron chi connectivity index (χ4n) is 1.31. The van der Waals surface area contributed by atoms with E-state index in [-0.39, 0.29) is 5.91 Å². The number of nitrogens with two attached hydrogens (primary N) is 1. The Morgan fingerprint density at radius 3 is 3.18 bits per heavy atom. The summed E-state index contributed by atoms with van der Waals surface area (Å²) >= 11 is 1.46. The first kappa shape index (κ1) is 11.7. The van der Waals surface area contributed by atoms with Crippen LogP contribution in [0.5, 0.6) is 0 Å². The molecule has 0 aliphatic carbocycles. The zero-order valence-corrected chi connectivity index (χ0v) is 9.81. The van der Waals surface area contributed by atoms with Crippen molar-refractivity contribution in [3.05, 3.63) is 34.6 Å². The van der Waals surface area contributed by atoms with Crippen LogP contribution < -0.4 is 11.1 Å². The van der Waals surface area contributed by atoms with Crippen molar-refractivity contribution in [2.45, 2.75) is 12.5 Å². The van der Waals surface area contributed by atoms with Gasteiger partial charge in [-0.05, 0) is 11.4 Å². The third-order valence-corrected chi connectivity index (χ3v) is 3.13. The summed E-state index contributed by atoms with van der Waals surface area (Å²) in [6.07, 6.45) is 1.83. The molecule has 1 amide bonds. The van der Waals surface area contributed by atoms with Gasteiger partial charge < -0.3 is 15.6 Å². The first-order valence-corrected chi connectivity index (χ1v) is 5.97. The molecule has 0 aromatic carbocycles. The van der Waals surface area contributed by atoms with E-state index in [1.165, 1.54) is 17.7 Å². The number of nitrogens with zero attached hydrogens (tertiary/aromatic N) is 2. The Labute approximate surface area is 102 Å². The van der Waals surface area contributed by atoms with Gasteiger partial charge in [0.15, 0.2) is 6.33 Å². The molecule has 0 spiro atoms. The monoisotopic (exact) mass is 252 g/mol. The molecule has 17 heavy (non-hydrogen) atoms. The van der Waals surface area contributed by atoms with Gasteiger partial charge in [0.1, 0.15) is 6.04 Å². The lowest BCUT2D eigenvalue weighted by Gasteiger charge is -2.09. The predicted molar refractivity (Wildman–Crippen MR) is 62.3 cm³/mol. The van der Waals surface area contributed by atoms with Crippen LogP contribution in [-0.2, 0) is 11.2 Å². The molecule has 0 aliphatic rings. The fraction of sp³-hybridized carbons (Fsp3) is 0.300. The number of thiophene rings is 1. The zero-order chi connectivity index (χ0) is 12.1. The minimum Gasteiger partial charge on any atom is -0.354 e. The molecule has 0 saturated heterocycles. The molecular weight excluding hydrogens is 240 g/mol. The van der Waals surface area contributed by atoms with E-state index in [1.807, 2.05) is 17.5 Å².